The van der Waals surface area contributed by atoms with E-state index in [-0.39, 0.29) is 46.0 Å². The average Bonchev–Trinajstić information content (AvgIpc) is 3.19. The molecule has 7 nitrogen and oxygen atoms in total. The summed E-state index contributed by atoms with van der Waals surface area (Å²) in [5, 5.41) is 0. The van der Waals surface area contributed by atoms with Gasteiger partial charge in [-0.15, -0.1) is 0 Å². The van der Waals surface area contributed by atoms with E-state index in [9.17, 15) is 26.8 Å². The maximum absolute atomic E-state index is 15.5. The van der Waals surface area contributed by atoms with E-state index in [4.69, 9.17) is 0 Å². The topological polar surface area (TPSA) is 87.4 Å². The standard InChI is InChI=1S/C24H25F3N2O5S/c1-14(2)28-19-10-15(20(30)12-24(3)7-8-35(32,33)13-24)9-18(25)21(19)29(23(28)31)16-5-4-6-17(11-16)34-22(26)27/h4-6,9-11,14,22H,7-8,12-13H2,1-3H3/t24-/m1/s1. The number of aromatic nitrogens is 2. The van der Waals surface area contributed by atoms with E-state index in [2.05, 4.69) is 4.74 Å². The Labute approximate surface area is 200 Å². The SMILES string of the molecule is CC(C)n1c(=O)n(-c2cccc(OC(F)F)c2)c2c(F)cc(C(=O)C[C@@]3(C)CCS(=O)(=O)C3)cc21. The lowest BCUT2D eigenvalue weighted by Gasteiger charge is -2.20. The third-order valence-corrected chi connectivity index (χ3v) is 8.20. The van der Waals surface area contributed by atoms with Gasteiger partial charge in [-0.05, 0) is 49.9 Å². The summed E-state index contributed by atoms with van der Waals surface area (Å²) in [5.74, 6) is -1.56. The van der Waals surface area contributed by atoms with Crippen molar-refractivity contribution in [3.8, 4) is 11.4 Å². The number of rotatable bonds is 7. The number of hydrogen-bond acceptors (Lipinski definition) is 5. The summed E-state index contributed by atoms with van der Waals surface area (Å²) in [4.78, 5) is 26.4. The molecule has 0 aliphatic carbocycles. The maximum Gasteiger partial charge on any atom is 0.387 e. The fraction of sp³-hybridized carbons (Fsp3) is 0.417. The first-order valence-electron chi connectivity index (χ1n) is 11.1. The normalized spacial score (nSPS) is 19.7. The summed E-state index contributed by atoms with van der Waals surface area (Å²) in [6, 6.07) is 7.40. The van der Waals surface area contributed by atoms with E-state index < -0.39 is 45.2 Å². The van der Waals surface area contributed by atoms with E-state index in [1.54, 1.807) is 20.8 Å². The van der Waals surface area contributed by atoms with Gasteiger partial charge in [0.05, 0.1) is 22.7 Å². The fourth-order valence-electron chi connectivity index (χ4n) is 4.70. The minimum atomic E-state index is -3.22. The number of imidazole rings is 1. The highest BCUT2D eigenvalue weighted by Gasteiger charge is 2.40. The molecule has 1 saturated heterocycles. The van der Waals surface area contributed by atoms with E-state index >= 15 is 4.39 Å². The van der Waals surface area contributed by atoms with Crippen molar-refractivity contribution < 1.29 is 31.1 Å². The Morgan fingerprint density at radius 3 is 2.51 bits per heavy atom. The number of halogens is 3. The molecule has 1 atom stereocenters. The van der Waals surface area contributed by atoms with E-state index in [0.717, 1.165) is 10.6 Å². The molecule has 1 aromatic heterocycles. The molecular weight excluding hydrogens is 485 g/mol. The van der Waals surface area contributed by atoms with Crippen LogP contribution in [0.5, 0.6) is 5.75 Å². The lowest BCUT2D eigenvalue weighted by molar-refractivity contribution is -0.0498. The number of carbonyl (C=O) groups is 1. The van der Waals surface area contributed by atoms with Crippen molar-refractivity contribution in [1.82, 2.24) is 9.13 Å². The molecule has 0 amide bonds. The average molecular weight is 511 g/mol. The molecule has 0 bridgehead atoms. The zero-order chi connectivity index (χ0) is 25.7. The zero-order valence-electron chi connectivity index (χ0n) is 19.4. The Hall–Kier alpha value is -3.08. The number of fused-ring (bicyclic) bond motifs is 1. The molecule has 0 N–H and O–H groups in total. The molecule has 0 unspecified atom stereocenters. The molecule has 0 spiro atoms. The van der Waals surface area contributed by atoms with Gasteiger partial charge < -0.3 is 4.74 Å². The lowest BCUT2D eigenvalue weighted by Crippen LogP contribution is -2.24. The van der Waals surface area contributed by atoms with Gasteiger partial charge in [-0.3, -0.25) is 13.9 Å². The molecular formula is C24H25F3N2O5S. The number of ketones is 1. The molecule has 1 fully saturated rings. The summed E-state index contributed by atoms with van der Waals surface area (Å²) >= 11 is 0. The Morgan fingerprint density at radius 2 is 1.91 bits per heavy atom. The third-order valence-electron chi connectivity index (χ3n) is 6.24. The van der Waals surface area contributed by atoms with Crippen LogP contribution in [0.1, 0.15) is 50.0 Å². The first-order valence-corrected chi connectivity index (χ1v) is 12.9. The number of ether oxygens (including phenoxy) is 1. The van der Waals surface area contributed by atoms with Crippen molar-refractivity contribution in [2.75, 3.05) is 11.5 Å². The van der Waals surface area contributed by atoms with E-state index in [1.165, 1.54) is 34.9 Å². The summed E-state index contributed by atoms with van der Waals surface area (Å²) in [7, 11) is -3.22. The maximum atomic E-state index is 15.5. The quantitative estimate of drug-likeness (QED) is 0.437. The Morgan fingerprint density at radius 1 is 1.20 bits per heavy atom. The van der Waals surface area contributed by atoms with Crippen LogP contribution in [0.15, 0.2) is 41.2 Å². The van der Waals surface area contributed by atoms with Crippen LogP contribution in [0.2, 0.25) is 0 Å². The molecule has 4 rings (SSSR count). The summed E-state index contributed by atoms with van der Waals surface area (Å²) in [6.45, 7) is 2.09. The van der Waals surface area contributed by atoms with E-state index in [0.29, 0.717) is 6.42 Å². The van der Waals surface area contributed by atoms with Gasteiger partial charge >= 0.3 is 12.3 Å². The highest BCUT2D eigenvalue weighted by atomic mass is 32.2. The number of alkyl halides is 2. The van der Waals surface area contributed by atoms with Crippen molar-refractivity contribution in [2.24, 2.45) is 5.41 Å². The van der Waals surface area contributed by atoms with Crippen LogP contribution in [0.4, 0.5) is 13.2 Å². The van der Waals surface area contributed by atoms with Gasteiger partial charge in [0.15, 0.2) is 15.6 Å². The summed E-state index contributed by atoms with van der Waals surface area (Å²) in [5.41, 5.74) is -1.14. The Balaban J connectivity index is 1.83. The van der Waals surface area contributed by atoms with Crippen molar-refractivity contribution in [3.63, 3.8) is 0 Å². The molecule has 2 aromatic carbocycles. The van der Waals surface area contributed by atoms with Crippen molar-refractivity contribution >= 4 is 26.7 Å². The summed E-state index contributed by atoms with van der Waals surface area (Å²) in [6.07, 6.45) is 0.271. The van der Waals surface area contributed by atoms with Gasteiger partial charge in [-0.25, -0.2) is 17.6 Å². The Bertz CT molecular complexity index is 1480. The molecule has 11 heteroatoms. The van der Waals surface area contributed by atoms with Crippen LogP contribution in [0.3, 0.4) is 0 Å². The van der Waals surface area contributed by atoms with Crippen LogP contribution in [0, 0.1) is 11.2 Å². The number of nitrogens with zero attached hydrogens (tertiary/aromatic N) is 2. The third kappa shape index (κ3) is 4.86. The zero-order valence-corrected chi connectivity index (χ0v) is 20.2. The van der Waals surface area contributed by atoms with Crippen molar-refractivity contribution in [2.45, 2.75) is 46.3 Å². The number of benzene rings is 2. The monoisotopic (exact) mass is 510 g/mol. The lowest BCUT2D eigenvalue weighted by atomic mass is 9.83. The highest BCUT2D eigenvalue weighted by molar-refractivity contribution is 7.91. The number of carbonyl (C=O) groups excluding carboxylic acids is 1. The number of Topliss-reactive ketones (excluding diaryl/α,β-unsaturated/α-hetero) is 1. The van der Waals surface area contributed by atoms with Gasteiger partial charge in [0.1, 0.15) is 17.1 Å². The molecule has 3 aromatic rings. The van der Waals surface area contributed by atoms with Crippen molar-refractivity contribution in [3.05, 3.63) is 58.3 Å². The van der Waals surface area contributed by atoms with E-state index in [1.807, 2.05) is 0 Å². The molecule has 1 aliphatic rings. The van der Waals surface area contributed by atoms with Crippen LogP contribution in [-0.4, -0.2) is 41.5 Å². The second-order valence-corrected chi connectivity index (χ2v) is 11.7. The number of sulfone groups is 1. The predicted molar refractivity (Wildman–Crippen MR) is 125 cm³/mol. The number of hydrogen-bond donors (Lipinski definition) is 0. The molecule has 0 saturated carbocycles. The van der Waals surface area contributed by atoms with Crippen molar-refractivity contribution in [1.29, 1.82) is 0 Å². The predicted octanol–water partition coefficient (Wildman–Crippen LogP) is 4.51. The van der Waals surface area contributed by atoms with Crippen LogP contribution >= 0.6 is 0 Å². The van der Waals surface area contributed by atoms with Gasteiger partial charge in [0.25, 0.3) is 0 Å². The first kappa shape index (κ1) is 25.0. The molecule has 1 aliphatic heterocycles. The molecule has 2 heterocycles. The van der Waals surface area contributed by atoms with Gasteiger partial charge in [0, 0.05) is 24.1 Å². The summed E-state index contributed by atoms with van der Waals surface area (Å²) < 4.78 is 71.4. The molecule has 188 valence electrons. The second kappa shape index (κ2) is 8.85. The van der Waals surface area contributed by atoms with Crippen LogP contribution in [0.25, 0.3) is 16.7 Å². The highest BCUT2D eigenvalue weighted by Crippen LogP contribution is 2.37. The smallest absolute Gasteiger partial charge is 0.387 e. The largest absolute Gasteiger partial charge is 0.435 e. The van der Waals surface area contributed by atoms with Gasteiger partial charge in [0.2, 0.25) is 0 Å². The first-order chi connectivity index (χ1) is 16.3. The fourth-order valence-corrected chi connectivity index (χ4v) is 6.96. The van der Waals surface area contributed by atoms with Gasteiger partial charge in [-0.2, -0.15) is 8.78 Å². The minimum Gasteiger partial charge on any atom is -0.435 e. The van der Waals surface area contributed by atoms with Gasteiger partial charge in [-0.1, -0.05) is 13.0 Å². The second-order valence-electron chi connectivity index (χ2n) is 9.54. The molecule has 35 heavy (non-hydrogen) atoms. The van der Waals surface area contributed by atoms with Crippen LogP contribution in [-0.2, 0) is 9.84 Å². The minimum absolute atomic E-state index is 0.00819. The Kier molecular flexibility index (Phi) is 6.33. The molecule has 0 radical (unpaired) electrons. The van der Waals surface area contributed by atoms with Crippen LogP contribution < -0.4 is 10.4 Å².